The Hall–Kier alpha value is -3.27. The van der Waals surface area contributed by atoms with Gasteiger partial charge in [-0.1, -0.05) is 33.1 Å². The number of carbonyl (C=O) groups is 5. The van der Waals surface area contributed by atoms with Crippen molar-refractivity contribution in [3.63, 3.8) is 0 Å². The molecule has 0 aromatic carbocycles. The van der Waals surface area contributed by atoms with Crippen molar-refractivity contribution in [3.8, 4) is 0 Å². The van der Waals surface area contributed by atoms with Crippen molar-refractivity contribution < 1.29 is 28.8 Å². The van der Waals surface area contributed by atoms with Gasteiger partial charge in [-0.15, -0.1) is 0 Å². The highest BCUT2D eigenvalue weighted by atomic mass is 16.2. The molecule has 5 amide bonds. The van der Waals surface area contributed by atoms with E-state index in [0.29, 0.717) is 12.8 Å². The van der Waals surface area contributed by atoms with Gasteiger partial charge < -0.3 is 21.0 Å². The molecule has 1 unspecified atom stereocenters. The summed E-state index contributed by atoms with van der Waals surface area (Å²) in [6.07, 6.45) is 6.54. The highest BCUT2D eigenvalue weighted by Gasteiger charge is 2.46. The maximum atomic E-state index is 13.5. The Morgan fingerprint density at radius 2 is 1.75 bits per heavy atom. The van der Waals surface area contributed by atoms with Gasteiger partial charge in [-0.2, -0.15) is 5.32 Å². The molecular weight excluding hydrogens is 466 g/mol. The third kappa shape index (κ3) is 6.90. The molecule has 3 aliphatic rings. The first-order valence-corrected chi connectivity index (χ1v) is 13.0. The molecule has 12 heteroatoms. The second kappa shape index (κ2) is 12.6. The summed E-state index contributed by atoms with van der Waals surface area (Å²) < 4.78 is 0. The highest BCUT2D eigenvalue weighted by molar-refractivity contribution is 6.39. The summed E-state index contributed by atoms with van der Waals surface area (Å²) in [6, 6.07) is -2.48. The van der Waals surface area contributed by atoms with Crippen LogP contribution >= 0.6 is 0 Å². The zero-order chi connectivity index (χ0) is 26.2. The van der Waals surface area contributed by atoms with Crippen molar-refractivity contribution in [3.05, 3.63) is 5.53 Å². The van der Waals surface area contributed by atoms with Crippen LogP contribution in [0.4, 0.5) is 4.79 Å². The van der Waals surface area contributed by atoms with E-state index in [0.717, 1.165) is 37.1 Å². The number of hydrogen-bond acceptors (Lipinski definition) is 5. The molecule has 2 atom stereocenters. The van der Waals surface area contributed by atoms with Crippen LogP contribution < -0.4 is 16.0 Å². The van der Waals surface area contributed by atoms with Gasteiger partial charge in [0.25, 0.3) is 11.7 Å². The Balaban J connectivity index is 1.71. The number of hydrogen-bond donors (Lipinski definition) is 3. The second-order valence-electron chi connectivity index (χ2n) is 10.2. The van der Waals surface area contributed by atoms with Crippen molar-refractivity contribution in [1.29, 1.82) is 0 Å². The summed E-state index contributed by atoms with van der Waals surface area (Å²) >= 11 is 0. The quantitative estimate of drug-likeness (QED) is 0.206. The predicted octanol–water partition coefficient (Wildman–Crippen LogP) is 1.27. The van der Waals surface area contributed by atoms with E-state index in [4.69, 9.17) is 0 Å². The average Bonchev–Trinajstić information content (AvgIpc) is 2.98. The van der Waals surface area contributed by atoms with Crippen LogP contribution in [0, 0.1) is 5.92 Å². The van der Waals surface area contributed by atoms with E-state index in [1.54, 1.807) is 0 Å². The largest absolute Gasteiger partial charge is 0.497 e. The second-order valence-corrected chi connectivity index (χ2v) is 10.2. The van der Waals surface area contributed by atoms with E-state index < -0.39 is 41.5 Å². The minimum atomic E-state index is -1.09. The summed E-state index contributed by atoms with van der Waals surface area (Å²) in [7, 11) is 0. The van der Waals surface area contributed by atoms with E-state index >= 15 is 0 Å². The van der Waals surface area contributed by atoms with Crippen LogP contribution in [0.15, 0.2) is 0 Å². The van der Waals surface area contributed by atoms with Crippen LogP contribution in [0.25, 0.3) is 5.53 Å². The highest BCUT2D eigenvalue weighted by Crippen LogP contribution is 2.25. The molecule has 36 heavy (non-hydrogen) atoms. The number of nitrogens with one attached hydrogen (secondary N) is 3. The van der Waals surface area contributed by atoms with E-state index in [2.05, 4.69) is 20.7 Å². The lowest BCUT2D eigenvalue weighted by Crippen LogP contribution is -2.64. The maximum Gasteiger partial charge on any atom is 0.403 e. The molecular formula is C24H37N7O5. The molecule has 12 nitrogen and oxygen atoms in total. The van der Waals surface area contributed by atoms with E-state index in [1.807, 2.05) is 13.8 Å². The molecule has 1 saturated carbocycles. The van der Waals surface area contributed by atoms with Crippen LogP contribution in [0.2, 0.25) is 0 Å². The fourth-order valence-corrected chi connectivity index (χ4v) is 4.93. The smallest absolute Gasteiger partial charge is 0.403 e. The maximum absolute atomic E-state index is 13.5. The molecule has 3 N–H and O–H groups in total. The Bertz CT molecular complexity index is 924. The molecule has 3 fully saturated rings. The first kappa shape index (κ1) is 27.3. The van der Waals surface area contributed by atoms with Crippen molar-refractivity contribution in [2.24, 2.45) is 5.92 Å². The summed E-state index contributed by atoms with van der Waals surface area (Å²) in [5, 5.41) is 10.3. The molecule has 0 bridgehead atoms. The lowest BCUT2D eigenvalue weighted by Gasteiger charge is -2.42. The van der Waals surface area contributed by atoms with Gasteiger partial charge in [-0.05, 0) is 44.4 Å². The molecule has 0 spiro atoms. The predicted molar refractivity (Wildman–Crippen MR) is 129 cm³/mol. The van der Waals surface area contributed by atoms with Crippen molar-refractivity contribution in [1.82, 2.24) is 26.0 Å². The molecule has 198 valence electrons. The molecule has 0 aromatic heterocycles. The van der Waals surface area contributed by atoms with Crippen LogP contribution in [-0.2, 0) is 19.2 Å². The first-order valence-electron chi connectivity index (χ1n) is 13.0. The zero-order valence-corrected chi connectivity index (χ0v) is 21.1. The number of ketones is 1. The topological polar surface area (TPSA) is 164 Å². The monoisotopic (exact) mass is 503 g/mol. The fraction of sp³-hybridized carbons (Fsp3) is 0.750. The normalized spacial score (nSPS) is 22.9. The van der Waals surface area contributed by atoms with Gasteiger partial charge in [0.05, 0.1) is 0 Å². The van der Waals surface area contributed by atoms with Gasteiger partial charge in [-0.25, -0.2) is 14.6 Å². The van der Waals surface area contributed by atoms with E-state index in [9.17, 15) is 29.5 Å². The minimum Gasteiger partial charge on any atom is -0.497 e. The number of hydrazine groups is 1. The number of amidine groups is 1. The van der Waals surface area contributed by atoms with Crippen LogP contribution in [-0.4, -0.2) is 74.8 Å². The van der Waals surface area contributed by atoms with E-state index in [1.165, 1.54) is 5.01 Å². The third-order valence-corrected chi connectivity index (χ3v) is 6.96. The fourth-order valence-electron chi connectivity index (χ4n) is 4.93. The summed E-state index contributed by atoms with van der Waals surface area (Å²) in [6.45, 7) is 4.16. The molecule has 1 aliphatic carbocycles. The lowest BCUT2D eigenvalue weighted by molar-refractivity contribution is -0.175. The van der Waals surface area contributed by atoms with Gasteiger partial charge in [0, 0.05) is 25.4 Å². The number of amides is 5. The van der Waals surface area contributed by atoms with Crippen molar-refractivity contribution in [2.75, 3.05) is 6.54 Å². The Labute approximate surface area is 211 Å². The van der Waals surface area contributed by atoms with Gasteiger partial charge in [0.1, 0.15) is 6.04 Å². The first-order chi connectivity index (χ1) is 17.2. The standard InChI is InChI=1S/C24H37N7O5/c1-15(2)10-12-19(32)21(29-25)28-22(34)18-9-6-14-30-20(33)13-11-17(23(35)31(18)30)27-24(36)26-16-7-4-3-5-8-16/h15-18H,3-14H2,1-2H3,(H,28,34)(H2,26,27,36)/t17?,18-/m0/s1. The Morgan fingerprint density at radius 3 is 2.42 bits per heavy atom. The summed E-state index contributed by atoms with van der Waals surface area (Å²) in [4.78, 5) is 67.4. The lowest BCUT2D eigenvalue weighted by atomic mass is 9.96. The summed E-state index contributed by atoms with van der Waals surface area (Å²) in [5.41, 5.74) is 9.31. The molecule has 2 heterocycles. The van der Waals surface area contributed by atoms with Crippen molar-refractivity contribution >= 4 is 35.4 Å². The van der Waals surface area contributed by atoms with E-state index in [-0.39, 0.29) is 50.1 Å². The van der Waals surface area contributed by atoms with Gasteiger partial charge in [0.15, 0.2) is 6.04 Å². The number of nitrogens with zero attached hydrogens (tertiary/aromatic N) is 4. The van der Waals surface area contributed by atoms with Gasteiger partial charge in [0.2, 0.25) is 5.91 Å². The van der Waals surface area contributed by atoms with Gasteiger partial charge >= 0.3 is 17.8 Å². The minimum absolute atomic E-state index is 0.0436. The number of urea groups is 1. The zero-order valence-electron chi connectivity index (χ0n) is 21.1. The summed E-state index contributed by atoms with van der Waals surface area (Å²) in [5.74, 6) is -2.37. The SMILES string of the molecule is CC(C)CCC(=O)C(=[N+]=[N-])NC(=O)[C@@H]1CCCN2C(=O)CCC(NC(=O)NC3CCCCC3)C(=O)N12. The number of Topliss-reactive ketones (excluding diaryl/α,β-unsaturated/α-hetero) is 1. The Kier molecular flexibility index (Phi) is 9.58. The number of rotatable bonds is 7. The van der Waals surface area contributed by atoms with Crippen molar-refractivity contribution in [2.45, 2.75) is 103 Å². The van der Waals surface area contributed by atoms with Crippen LogP contribution in [0.3, 0.4) is 0 Å². The van der Waals surface area contributed by atoms with Crippen LogP contribution in [0.5, 0.6) is 0 Å². The molecule has 0 radical (unpaired) electrons. The van der Waals surface area contributed by atoms with Crippen LogP contribution in [0.1, 0.15) is 84.5 Å². The van der Waals surface area contributed by atoms with Gasteiger partial charge in [-0.3, -0.25) is 19.4 Å². The number of carbonyl (C=O) groups excluding carboxylic acids is 5. The molecule has 0 aromatic rings. The molecule has 2 aliphatic heterocycles. The number of fused-ring (bicyclic) bond motifs is 1. The Morgan fingerprint density at radius 1 is 1.03 bits per heavy atom. The average molecular weight is 504 g/mol. The molecule has 2 saturated heterocycles. The molecule has 3 rings (SSSR count). The third-order valence-electron chi connectivity index (χ3n) is 6.96.